The van der Waals surface area contributed by atoms with Gasteiger partial charge < -0.3 is 9.47 Å². The largest absolute Gasteiger partial charge is 0.490 e. The number of likely N-dealkylation sites (tertiary alicyclic amines) is 1. The van der Waals surface area contributed by atoms with Crippen LogP contribution in [0.15, 0.2) is 23.8 Å². The highest BCUT2D eigenvalue weighted by atomic mass is 16.5. The number of benzene rings is 1. The van der Waals surface area contributed by atoms with Crippen molar-refractivity contribution in [2.45, 2.75) is 46.6 Å². The number of hydrogen-bond donors (Lipinski definition) is 0. The summed E-state index contributed by atoms with van der Waals surface area (Å²) in [6.45, 7) is 11.3. The van der Waals surface area contributed by atoms with Crippen LogP contribution in [-0.2, 0) is 4.79 Å². The lowest BCUT2D eigenvalue weighted by atomic mass is 10.00. The summed E-state index contributed by atoms with van der Waals surface area (Å²) in [5.41, 5.74) is 1.87. The van der Waals surface area contributed by atoms with Crippen molar-refractivity contribution in [2.24, 2.45) is 0 Å². The van der Waals surface area contributed by atoms with E-state index in [0.717, 1.165) is 48.7 Å². The van der Waals surface area contributed by atoms with Gasteiger partial charge in [-0.1, -0.05) is 13.0 Å². The summed E-state index contributed by atoms with van der Waals surface area (Å²) in [6, 6.07) is 5.87. The summed E-state index contributed by atoms with van der Waals surface area (Å²) in [5, 5.41) is 0. The maximum Gasteiger partial charge on any atom is 0.161 e. The van der Waals surface area contributed by atoms with Crippen LogP contribution < -0.4 is 9.47 Å². The van der Waals surface area contributed by atoms with Crippen LogP contribution in [-0.4, -0.2) is 43.0 Å². The molecule has 1 aromatic rings. The van der Waals surface area contributed by atoms with Gasteiger partial charge in [0.05, 0.1) is 12.7 Å². The van der Waals surface area contributed by atoms with Crippen molar-refractivity contribution in [3.63, 3.8) is 0 Å². The minimum atomic E-state index is 0.0935. The molecule has 1 aliphatic rings. The summed E-state index contributed by atoms with van der Waals surface area (Å²) in [5.74, 6) is 1.73. The lowest BCUT2D eigenvalue weighted by molar-refractivity contribution is -0.117. The van der Waals surface area contributed by atoms with Crippen molar-refractivity contribution >= 4 is 11.9 Å². The summed E-state index contributed by atoms with van der Waals surface area (Å²) in [6.07, 6.45) is 3.80. The summed E-state index contributed by atoms with van der Waals surface area (Å²) < 4.78 is 11.5. The number of rotatable bonds is 7. The normalized spacial score (nSPS) is 17.5. The lowest BCUT2D eigenvalue weighted by Crippen LogP contribution is -2.36. The fourth-order valence-electron chi connectivity index (χ4n) is 2.90. The van der Waals surface area contributed by atoms with E-state index in [4.69, 9.17) is 9.47 Å². The Morgan fingerprint density at radius 3 is 2.71 bits per heavy atom. The Bertz CT molecular complexity index is 593. The van der Waals surface area contributed by atoms with E-state index in [-0.39, 0.29) is 11.9 Å². The van der Waals surface area contributed by atoms with Crippen LogP contribution in [0.1, 0.15) is 46.1 Å². The van der Waals surface area contributed by atoms with Gasteiger partial charge in [-0.05, 0) is 57.5 Å². The molecule has 1 fully saturated rings. The molecule has 0 atom stereocenters. The second-order valence-electron chi connectivity index (χ2n) is 6.42. The highest BCUT2D eigenvalue weighted by molar-refractivity contribution is 6.00. The van der Waals surface area contributed by atoms with Gasteiger partial charge in [-0.15, -0.1) is 0 Å². The van der Waals surface area contributed by atoms with Gasteiger partial charge in [-0.3, -0.25) is 9.69 Å². The predicted octanol–water partition coefficient (Wildman–Crippen LogP) is 3.94. The second-order valence-corrected chi connectivity index (χ2v) is 6.42. The van der Waals surface area contributed by atoms with Crippen molar-refractivity contribution in [2.75, 3.05) is 26.2 Å². The van der Waals surface area contributed by atoms with E-state index < -0.39 is 0 Å². The molecule has 4 heteroatoms. The molecule has 0 bridgehead atoms. The molecule has 0 amide bonds. The van der Waals surface area contributed by atoms with Crippen molar-refractivity contribution in [3.8, 4) is 11.5 Å². The Labute approximate surface area is 145 Å². The number of nitrogens with zero attached hydrogens (tertiary/aromatic N) is 1. The van der Waals surface area contributed by atoms with Crippen LogP contribution >= 0.6 is 0 Å². The van der Waals surface area contributed by atoms with Crippen molar-refractivity contribution in [1.29, 1.82) is 0 Å². The van der Waals surface area contributed by atoms with Crippen molar-refractivity contribution in [3.05, 3.63) is 29.3 Å². The molecule has 1 heterocycles. The van der Waals surface area contributed by atoms with Crippen molar-refractivity contribution in [1.82, 2.24) is 4.90 Å². The molecule has 1 aliphatic heterocycles. The molecule has 2 rings (SSSR count). The SMILES string of the molecule is CCCN1CCC(=O)/C(=C/c2ccc(OC(C)C)c(OCC)c2)C1. The van der Waals surface area contributed by atoms with Gasteiger partial charge in [0.15, 0.2) is 17.3 Å². The van der Waals surface area contributed by atoms with Gasteiger partial charge in [0.25, 0.3) is 0 Å². The van der Waals surface area contributed by atoms with E-state index in [0.29, 0.717) is 13.0 Å². The maximum atomic E-state index is 12.2. The fourth-order valence-corrected chi connectivity index (χ4v) is 2.90. The average molecular weight is 331 g/mol. The highest BCUT2D eigenvalue weighted by Gasteiger charge is 2.20. The number of Topliss-reactive ketones (excluding diaryl/α,β-unsaturated/α-hetero) is 1. The molecule has 0 N–H and O–H groups in total. The molecule has 0 aliphatic carbocycles. The number of carbonyl (C=O) groups is 1. The van der Waals surface area contributed by atoms with E-state index in [9.17, 15) is 4.79 Å². The number of ketones is 1. The van der Waals surface area contributed by atoms with Crippen LogP contribution in [0.5, 0.6) is 11.5 Å². The summed E-state index contributed by atoms with van der Waals surface area (Å²) in [4.78, 5) is 14.6. The minimum absolute atomic E-state index is 0.0935. The Kier molecular flexibility index (Phi) is 6.85. The standard InChI is InChI=1S/C20H29NO3/c1-5-10-21-11-9-18(22)17(14-21)12-16-7-8-19(24-15(3)4)20(13-16)23-6-2/h7-8,12-13,15H,5-6,9-11,14H2,1-4H3/b17-12+. The number of hydrogen-bond acceptors (Lipinski definition) is 4. The molecule has 0 aromatic heterocycles. The third-order valence-corrected chi connectivity index (χ3v) is 3.92. The molecule has 0 saturated carbocycles. The average Bonchev–Trinajstić information content (AvgIpc) is 2.53. The zero-order valence-electron chi connectivity index (χ0n) is 15.3. The fraction of sp³-hybridized carbons (Fsp3) is 0.550. The Morgan fingerprint density at radius 1 is 1.25 bits per heavy atom. The van der Waals surface area contributed by atoms with Gasteiger partial charge in [0, 0.05) is 25.1 Å². The molecule has 0 unspecified atom stereocenters. The highest BCUT2D eigenvalue weighted by Crippen LogP contribution is 2.30. The Hall–Kier alpha value is -1.81. The maximum absolute atomic E-state index is 12.2. The van der Waals surface area contributed by atoms with Crippen LogP contribution in [0.3, 0.4) is 0 Å². The zero-order valence-corrected chi connectivity index (χ0v) is 15.3. The first-order valence-corrected chi connectivity index (χ1v) is 8.93. The molecule has 4 nitrogen and oxygen atoms in total. The number of ether oxygens (including phenoxy) is 2. The predicted molar refractivity (Wildman–Crippen MR) is 97.7 cm³/mol. The summed E-state index contributed by atoms with van der Waals surface area (Å²) in [7, 11) is 0. The van der Waals surface area contributed by atoms with Gasteiger partial charge in [-0.2, -0.15) is 0 Å². The van der Waals surface area contributed by atoms with Gasteiger partial charge in [0.1, 0.15) is 0 Å². The molecule has 1 aromatic carbocycles. The van der Waals surface area contributed by atoms with Crippen LogP contribution in [0.4, 0.5) is 0 Å². The Balaban J connectivity index is 2.23. The van der Waals surface area contributed by atoms with Crippen molar-refractivity contribution < 1.29 is 14.3 Å². The first kappa shape index (κ1) is 18.5. The van der Waals surface area contributed by atoms with Gasteiger partial charge in [0.2, 0.25) is 0 Å². The van der Waals surface area contributed by atoms with E-state index in [2.05, 4.69) is 11.8 Å². The topological polar surface area (TPSA) is 38.8 Å². The smallest absolute Gasteiger partial charge is 0.161 e. The first-order valence-electron chi connectivity index (χ1n) is 8.93. The monoisotopic (exact) mass is 331 g/mol. The first-order chi connectivity index (χ1) is 11.5. The summed E-state index contributed by atoms with van der Waals surface area (Å²) >= 11 is 0. The zero-order chi connectivity index (χ0) is 17.5. The second kappa shape index (κ2) is 8.88. The van der Waals surface area contributed by atoms with E-state index in [1.807, 2.05) is 45.0 Å². The van der Waals surface area contributed by atoms with E-state index >= 15 is 0 Å². The van der Waals surface area contributed by atoms with Crippen LogP contribution in [0.25, 0.3) is 6.08 Å². The van der Waals surface area contributed by atoms with Crippen LogP contribution in [0.2, 0.25) is 0 Å². The van der Waals surface area contributed by atoms with E-state index in [1.165, 1.54) is 0 Å². The molecular weight excluding hydrogens is 302 g/mol. The molecule has 24 heavy (non-hydrogen) atoms. The molecular formula is C20H29NO3. The minimum Gasteiger partial charge on any atom is -0.490 e. The molecule has 0 spiro atoms. The third-order valence-electron chi connectivity index (χ3n) is 3.92. The molecule has 0 radical (unpaired) electrons. The molecule has 132 valence electrons. The van der Waals surface area contributed by atoms with Gasteiger partial charge >= 0.3 is 0 Å². The number of piperidine rings is 1. The number of carbonyl (C=O) groups excluding carboxylic acids is 1. The Morgan fingerprint density at radius 2 is 2.04 bits per heavy atom. The lowest BCUT2D eigenvalue weighted by Gasteiger charge is -2.27. The molecule has 1 saturated heterocycles. The van der Waals surface area contributed by atoms with E-state index in [1.54, 1.807) is 0 Å². The third kappa shape index (κ3) is 5.10. The quantitative estimate of drug-likeness (QED) is 0.709. The van der Waals surface area contributed by atoms with Crippen LogP contribution in [0, 0.1) is 0 Å². The van der Waals surface area contributed by atoms with Gasteiger partial charge in [-0.25, -0.2) is 0 Å².